The third-order valence-corrected chi connectivity index (χ3v) is 6.49. The first kappa shape index (κ1) is 23.3. The predicted octanol–water partition coefficient (Wildman–Crippen LogP) is 5.44. The third-order valence-electron chi connectivity index (χ3n) is 6.01. The lowest BCUT2D eigenvalue weighted by atomic mass is 10.0. The number of aromatic nitrogens is 3. The molecule has 1 aliphatic carbocycles. The lowest BCUT2D eigenvalue weighted by molar-refractivity contribution is 0.292. The van der Waals surface area contributed by atoms with Gasteiger partial charge in [-0.3, -0.25) is 19.2 Å². The summed E-state index contributed by atoms with van der Waals surface area (Å²) in [5, 5.41) is -0.00230. The van der Waals surface area contributed by atoms with Gasteiger partial charge in [0.05, 0.1) is 33.7 Å². The molecule has 0 saturated heterocycles. The van der Waals surface area contributed by atoms with Gasteiger partial charge in [-0.1, -0.05) is 32.1 Å². The minimum atomic E-state index is -0.466. The second-order valence-electron chi connectivity index (χ2n) is 8.17. The summed E-state index contributed by atoms with van der Waals surface area (Å²) < 4.78 is 15.4. The van der Waals surface area contributed by atoms with E-state index in [2.05, 4.69) is 23.7 Å². The summed E-state index contributed by atoms with van der Waals surface area (Å²) in [6, 6.07) is 9.65. The summed E-state index contributed by atoms with van der Waals surface area (Å²) in [5.41, 5.74) is 1.91. The summed E-state index contributed by atoms with van der Waals surface area (Å²) in [4.78, 5) is 25.1. The largest absolute Gasteiger partial charge is 0.298 e. The van der Waals surface area contributed by atoms with Crippen molar-refractivity contribution in [3.05, 3.63) is 81.9 Å². The SMILES string of the molecule is CCN(CC)Cc1cccc(C=Cc2nc3ccc(F)cc3c(=O)n2[C@H]2C=CCC[C@H]2Cl)n1. The number of pyridine rings is 1. The lowest BCUT2D eigenvalue weighted by Crippen LogP contribution is -2.33. The van der Waals surface area contributed by atoms with Crippen LogP contribution in [0.2, 0.25) is 0 Å². The van der Waals surface area contributed by atoms with Crippen LogP contribution in [0.25, 0.3) is 23.1 Å². The highest BCUT2D eigenvalue weighted by molar-refractivity contribution is 6.21. The standard InChI is InChI=1S/C26H28ClFN4O/c1-3-31(4-2)17-20-9-7-8-19(29-20)13-15-25-30-23-14-12-18(28)16-21(23)26(33)32(25)24-11-6-5-10-22(24)27/h6-9,11-16,22,24H,3-5,10,17H2,1-2H3/t22-,24+/m1/s1. The van der Waals surface area contributed by atoms with Crippen LogP contribution >= 0.6 is 11.6 Å². The molecule has 0 N–H and O–H groups in total. The fourth-order valence-electron chi connectivity index (χ4n) is 4.14. The minimum Gasteiger partial charge on any atom is -0.298 e. The van der Waals surface area contributed by atoms with Gasteiger partial charge in [0, 0.05) is 6.54 Å². The van der Waals surface area contributed by atoms with Crippen LogP contribution in [-0.2, 0) is 6.54 Å². The summed E-state index contributed by atoms with van der Waals surface area (Å²) in [7, 11) is 0. The summed E-state index contributed by atoms with van der Waals surface area (Å²) in [6.07, 6.45) is 9.24. The molecule has 1 aromatic carbocycles. The number of halogens is 2. The topological polar surface area (TPSA) is 51.0 Å². The molecule has 0 unspecified atom stereocenters. The Hall–Kier alpha value is -2.83. The van der Waals surface area contributed by atoms with Crippen LogP contribution in [0.4, 0.5) is 4.39 Å². The van der Waals surface area contributed by atoms with Crippen molar-refractivity contribution in [2.75, 3.05) is 13.1 Å². The fourth-order valence-corrected chi connectivity index (χ4v) is 4.46. The second-order valence-corrected chi connectivity index (χ2v) is 8.73. The third kappa shape index (κ3) is 5.23. The highest BCUT2D eigenvalue weighted by atomic mass is 35.5. The second kappa shape index (κ2) is 10.4. The van der Waals surface area contributed by atoms with Crippen LogP contribution < -0.4 is 5.56 Å². The number of hydrogen-bond acceptors (Lipinski definition) is 4. The van der Waals surface area contributed by atoms with E-state index in [-0.39, 0.29) is 22.4 Å². The molecule has 0 bridgehead atoms. The molecular formula is C26H28ClFN4O. The zero-order valence-electron chi connectivity index (χ0n) is 18.9. The Kier molecular flexibility index (Phi) is 7.36. The van der Waals surface area contributed by atoms with Gasteiger partial charge in [0.1, 0.15) is 11.6 Å². The highest BCUT2D eigenvalue weighted by Gasteiger charge is 2.25. The van der Waals surface area contributed by atoms with Crippen LogP contribution in [0, 0.1) is 5.82 Å². The molecule has 33 heavy (non-hydrogen) atoms. The van der Waals surface area contributed by atoms with Crippen LogP contribution in [0.15, 0.2) is 53.3 Å². The number of allylic oxidation sites excluding steroid dienone is 2. The van der Waals surface area contributed by atoms with E-state index in [0.717, 1.165) is 43.9 Å². The molecule has 2 atom stereocenters. The van der Waals surface area contributed by atoms with Gasteiger partial charge < -0.3 is 0 Å². The van der Waals surface area contributed by atoms with E-state index < -0.39 is 5.82 Å². The van der Waals surface area contributed by atoms with Crippen LogP contribution in [-0.4, -0.2) is 37.9 Å². The van der Waals surface area contributed by atoms with Crippen molar-refractivity contribution in [2.24, 2.45) is 0 Å². The van der Waals surface area contributed by atoms with E-state index in [4.69, 9.17) is 16.6 Å². The van der Waals surface area contributed by atoms with Gasteiger partial charge in [0.2, 0.25) is 0 Å². The molecule has 7 heteroatoms. The van der Waals surface area contributed by atoms with Gasteiger partial charge in [-0.15, -0.1) is 11.6 Å². The molecule has 3 aromatic rings. The first-order chi connectivity index (χ1) is 16.0. The molecule has 0 spiro atoms. The highest BCUT2D eigenvalue weighted by Crippen LogP contribution is 2.28. The number of alkyl halides is 1. The van der Waals surface area contributed by atoms with E-state index >= 15 is 0 Å². The molecule has 2 heterocycles. The molecule has 0 amide bonds. The smallest absolute Gasteiger partial charge is 0.262 e. The maximum absolute atomic E-state index is 13.9. The Morgan fingerprint density at radius 1 is 1.18 bits per heavy atom. The number of rotatable bonds is 7. The molecule has 4 rings (SSSR count). The maximum atomic E-state index is 13.9. The molecule has 0 aliphatic heterocycles. The molecular weight excluding hydrogens is 439 g/mol. The van der Waals surface area contributed by atoms with Crippen molar-refractivity contribution in [3.8, 4) is 0 Å². The van der Waals surface area contributed by atoms with Gasteiger partial charge in [0.15, 0.2) is 0 Å². The quantitative estimate of drug-likeness (QED) is 0.343. The Bertz CT molecular complexity index is 1250. The Labute approximate surface area is 198 Å². The Morgan fingerprint density at radius 3 is 2.76 bits per heavy atom. The average Bonchev–Trinajstić information content (AvgIpc) is 2.83. The average molecular weight is 467 g/mol. The van der Waals surface area contributed by atoms with Crippen LogP contribution in [0.1, 0.15) is 49.9 Å². The first-order valence-corrected chi connectivity index (χ1v) is 11.8. The Morgan fingerprint density at radius 2 is 2.00 bits per heavy atom. The van der Waals surface area contributed by atoms with Crippen molar-refractivity contribution in [1.29, 1.82) is 0 Å². The maximum Gasteiger partial charge on any atom is 0.262 e. The summed E-state index contributed by atoms with van der Waals surface area (Å²) in [6.45, 7) is 6.96. The molecule has 172 valence electrons. The van der Waals surface area contributed by atoms with Crippen molar-refractivity contribution in [1.82, 2.24) is 19.4 Å². The first-order valence-electron chi connectivity index (χ1n) is 11.4. The van der Waals surface area contributed by atoms with Gasteiger partial charge in [-0.2, -0.15) is 0 Å². The van der Waals surface area contributed by atoms with Crippen LogP contribution in [0.5, 0.6) is 0 Å². The van der Waals surface area contributed by atoms with Gasteiger partial charge in [-0.05, 0) is 68.4 Å². The Balaban J connectivity index is 1.77. The van der Waals surface area contributed by atoms with Crippen molar-refractivity contribution in [3.63, 3.8) is 0 Å². The zero-order chi connectivity index (χ0) is 23.4. The molecule has 5 nitrogen and oxygen atoms in total. The van der Waals surface area contributed by atoms with E-state index in [1.807, 2.05) is 36.4 Å². The van der Waals surface area contributed by atoms with Crippen molar-refractivity contribution < 1.29 is 4.39 Å². The van der Waals surface area contributed by atoms with Crippen LogP contribution in [0.3, 0.4) is 0 Å². The molecule has 1 aliphatic rings. The monoisotopic (exact) mass is 466 g/mol. The minimum absolute atomic E-state index is 0.245. The fraction of sp³-hybridized carbons (Fsp3) is 0.346. The van der Waals surface area contributed by atoms with Gasteiger partial charge >= 0.3 is 0 Å². The van der Waals surface area contributed by atoms with Crippen molar-refractivity contribution >= 4 is 34.7 Å². The summed E-state index contributed by atoms with van der Waals surface area (Å²) in [5.74, 6) is 0.00400. The van der Waals surface area contributed by atoms with E-state index in [1.54, 1.807) is 10.6 Å². The molecule has 2 aromatic heterocycles. The lowest BCUT2D eigenvalue weighted by Gasteiger charge is -2.26. The molecule has 0 saturated carbocycles. The molecule has 0 radical (unpaired) electrons. The number of hydrogen-bond donors (Lipinski definition) is 0. The van der Waals surface area contributed by atoms with Gasteiger partial charge in [-0.25, -0.2) is 9.37 Å². The van der Waals surface area contributed by atoms with E-state index in [9.17, 15) is 9.18 Å². The van der Waals surface area contributed by atoms with E-state index in [0.29, 0.717) is 11.3 Å². The zero-order valence-corrected chi connectivity index (χ0v) is 19.7. The predicted molar refractivity (Wildman–Crippen MR) is 133 cm³/mol. The number of benzene rings is 1. The van der Waals surface area contributed by atoms with Gasteiger partial charge in [0.25, 0.3) is 5.56 Å². The number of nitrogens with zero attached hydrogens (tertiary/aromatic N) is 4. The van der Waals surface area contributed by atoms with Crippen molar-refractivity contribution in [2.45, 2.75) is 44.7 Å². The summed E-state index contributed by atoms with van der Waals surface area (Å²) >= 11 is 6.60. The normalized spacial score (nSPS) is 18.6. The van der Waals surface area contributed by atoms with E-state index in [1.165, 1.54) is 18.2 Å². The number of fused-ring (bicyclic) bond motifs is 1. The molecule has 0 fully saturated rings.